The number of carbonyl (C=O) groups excluding carboxylic acids is 2. The highest BCUT2D eigenvalue weighted by atomic mass is 32.1. The number of nitrogens with two attached hydrogens (primary N) is 2. The van der Waals surface area contributed by atoms with Gasteiger partial charge in [-0.15, -0.1) is 11.3 Å². The fourth-order valence-electron chi connectivity index (χ4n) is 3.53. The van der Waals surface area contributed by atoms with Gasteiger partial charge in [0, 0.05) is 16.6 Å². The molecule has 0 bridgehead atoms. The Morgan fingerprint density at radius 1 is 1.17 bits per heavy atom. The van der Waals surface area contributed by atoms with Gasteiger partial charge in [-0.2, -0.15) is 18.3 Å². The van der Waals surface area contributed by atoms with Crippen molar-refractivity contribution in [3.05, 3.63) is 58.4 Å². The number of primary amides is 2. The van der Waals surface area contributed by atoms with E-state index in [1.165, 1.54) is 23.5 Å². The first-order chi connectivity index (χ1) is 14.1. The minimum atomic E-state index is -4.38. The topological polar surface area (TPSA) is 116 Å². The Bertz CT molecular complexity index is 1150. The first kappa shape index (κ1) is 20.0. The zero-order valence-electron chi connectivity index (χ0n) is 15.4. The van der Waals surface area contributed by atoms with Crippen LogP contribution in [0.1, 0.15) is 32.7 Å². The predicted molar refractivity (Wildman–Crippen MR) is 105 cm³/mol. The molecule has 0 radical (unpaired) electrons. The van der Waals surface area contributed by atoms with Crippen LogP contribution in [0.15, 0.2) is 30.5 Å². The number of amides is 3. The van der Waals surface area contributed by atoms with E-state index in [0.29, 0.717) is 30.0 Å². The van der Waals surface area contributed by atoms with Gasteiger partial charge >= 0.3 is 12.2 Å². The van der Waals surface area contributed by atoms with E-state index in [1.807, 2.05) is 0 Å². The van der Waals surface area contributed by atoms with E-state index < -0.39 is 23.7 Å². The third-order valence-corrected chi connectivity index (χ3v) is 5.99. The number of alkyl halides is 3. The summed E-state index contributed by atoms with van der Waals surface area (Å²) in [6, 6.07) is 4.11. The minimum Gasteiger partial charge on any atom is -0.365 e. The van der Waals surface area contributed by atoms with E-state index in [1.54, 1.807) is 10.9 Å². The van der Waals surface area contributed by atoms with Crippen molar-refractivity contribution in [3.63, 3.8) is 0 Å². The van der Waals surface area contributed by atoms with Gasteiger partial charge in [0.05, 0.1) is 23.4 Å². The van der Waals surface area contributed by atoms with Gasteiger partial charge in [-0.3, -0.25) is 14.8 Å². The number of aromatic nitrogens is 2. The van der Waals surface area contributed by atoms with Crippen molar-refractivity contribution in [2.75, 3.05) is 5.32 Å². The van der Waals surface area contributed by atoms with Gasteiger partial charge in [-0.05, 0) is 36.1 Å². The van der Waals surface area contributed by atoms with E-state index in [2.05, 4.69) is 10.4 Å². The number of hydrogen-bond donors (Lipinski definition) is 3. The number of aryl methyl sites for hydroxylation is 1. The Labute approximate surface area is 172 Å². The van der Waals surface area contributed by atoms with Crippen molar-refractivity contribution < 1.29 is 22.8 Å². The molecular formula is C19H16F3N5O2S. The summed E-state index contributed by atoms with van der Waals surface area (Å²) in [5.74, 6) is -0.656. The lowest BCUT2D eigenvalue weighted by Crippen LogP contribution is -2.22. The number of carbonyl (C=O) groups is 2. The van der Waals surface area contributed by atoms with Gasteiger partial charge in [0.25, 0.3) is 5.91 Å². The number of nitrogens with one attached hydrogen (secondary N) is 1. The van der Waals surface area contributed by atoms with Crippen LogP contribution in [-0.2, 0) is 25.6 Å². The number of urea groups is 1. The molecule has 1 aromatic carbocycles. The highest BCUT2D eigenvalue weighted by Gasteiger charge is 2.31. The zero-order chi connectivity index (χ0) is 21.6. The van der Waals surface area contributed by atoms with Crippen molar-refractivity contribution in [1.82, 2.24) is 9.78 Å². The molecule has 4 rings (SSSR count). The second-order valence-electron chi connectivity index (χ2n) is 6.85. The summed E-state index contributed by atoms with van der Waals surface area (Å²) >= 11 is 1.19. The summed E-state index contributed by atoms with van der Waals surface area (Å²) in [6.45, 7) is 0.293. The van der Waals surface area contributed by atoms with Gasteiger partial charge in [0.1, 0.15) is 5.00 Å². The van der Waals surface area contributed by atoms with Gasteiger partial charge < -0.3 is 11.5 Å². The Balaban J connectivity index is 1.66. The van der Waals surface area contributed by atoms with Crippen LogP contribution in [-0.4, -0.2) is 21.7 Å². The Morgan fingerprint density at radius 3 is 2.47 bits per heavy atom. The van der Waals surface area contributed by atoms with Gasteiger partial charge in [0.15, 0.2) is 0 Å². The average Bonchev–Trinajstić information content (AvgIpc) is 3.21. The quantitative estimate of drug-likeness (QED) is 0.583. The molecule has 0 saturated carbocycles. The molecule has 2 aromatic heterocycles. The number of anilines is 1. The molecule has 0 saturated heterocycles. The first-order valence-corrected chi connectivity index (χ1v) is 9.70. The van der Waals surface area contributed by atoms with E-state index in [-0.39, 0.29) is 5.56 Å². The maximum absolute atomic E-state index is 12.7. The third-order valence-electron chi connectivity index (χ3n) is 4.81. The van der Waals surface area contributed by atoms with Crippen molar-refractivity contribution in [2.45, 2.75) is 25.6 Å². The second kappa shape index (κ2) is 7.17. The Morgan fingerprint density at radius 2 is 1.87 bits per heavy atom. The number of nitrogens with zero attached hydrogens (tertiary/aromatic N) is 2. The maximum Gasteiger partial charge on any atom is 0.416 e. The van der Waals surface area contributed by atoms with Crippen molar-refractivity contribution in [3.8, 4) is 10.4 Å². The summed E-state index contributed by atoms with van der Waals surface area (Å²) in [5, 5.41) is 7.27. The van der Waals surface area contributed by atoms with Gasteiger partial charge in [-0.1, -0.05) is 12.1 Å². The van der Waals surface area contributed by atoms with Crippen LogP contribution >= 0.6 is 11.3 Å². The van der Waals surface area contributed by atoms with Crippen molar-refractivity contribution in [1.29, 1.82) is 0 Å². The SMILES string of the molecule is NC(=O)Nc1sc2c(c1C(N)=O)CCc1nn(Cc3ccc(C(F)(F)F)cc3)cc1-2. The van der Waals surface area contributed by atoms with Crippen LogP contribution in [0.5, 0.6) is 0 Å². The Hall–Kier alpha value is -3.34. The molecule has 1 aliphatic rings. The molecular weight excluding hydrogens is 419 g/mol. The lowest BCUT2D eigenvalue weighted by atomic mass is 9.94. The standard InChI is InChI=1S/C19H16F3N5O2S/c20-19(21,22)10-3-1-9(2-4-10)7-27-8-12-13(26-27)6-5-11-14(16(23)28)17(25-18(24)29)30-15(11)12/h1-4,8H,5-7H2,(H2,23,28)(H3,24,25,29). The van der Waals surface area contributed by atoms with Crippen molar-refractivity contribution >= 4 is 28.3 Å². The first-order valence-electron chi connectivity index (χ1n) is 8.88. The number of rotatable bonds is 4. The fourth-order valence-corrected chi connectivity index (χ4v) is 4.82. The molecule has 30 heavy (non-hydrogen) atoms. The highest BCUT2D eigenvalue weighted by Crippen LogP contribution is 2.44. The smallest absolute Gasteiger partial charge is 0.365 e. The number of hydrogen-bond acceptors (Lipinski definition) is 4. The van der Waals surface area contributed by atoms with Crippen LogP contribution in [0.4, 0.5) is 23.0 Å². The Kier molecular flexibility index (Phi) is 4.77. The molecule has 5 N–H and O–H groups in total. The van der Waals surface area contributed by atoms with E-state index in [4.69, 9.17) is 11.5 Å². The van der Waals surface area contributed by atoms with E-state index >= 15 is 0 Å². The molecule has 0 unspecified atom stereocenters. The summed E-state index contributed by atoms with van der Waals surface area (Å²) in [7, 11) is 0. The van der Waals surface area contributed by atoms with Crippen LogP contribution in [0, 0.1) is 0 Å². The molecule has 0 aliphatic heterocycles. The van der Waals surface area contributed by atoms with Crippen LogP contribution in [0.25, 0.3) is 10.4 Å². The van der Waals surface area contributed by atoms with E-state index in [9.17, 15) is 22.8 Å². The normalized spacial score (nSPS) is 12.9. The number of fused-ring (bicyclic) bond motifs is 3. The molecule has 11 heteroatoms. The molecule has 156 valence electrons. The third kappa shape index (κ3) is 3.63. The van der Waals surface area contributed by atoms with Crippen LogP contribution < -0.4 is 16.8 Å². The number of thiophene rings is 1. The highest BCUT2D eigenvalue weighted by molar-refractivity contribution is 7.20. The van der Waals surface area contributed by atoms with Gasteiger partial charge in [-0.25, -0.2) is 4.79 Å². The van der Waals surface area contributed by atoms with Gasteiger partial charge in [0.2, 0.25) is 0 Å². The van der Waals surface area contributed by atoms with Crippen LogP contribution in [0.3, 0.4) is 0 Å². The molecule has 3 amide bonds. The number of benzene rings is 1. The molecule has 2 heterocycles. The molecule has 0 atom stereocenters. The summed E-state index contributed by atoms with van der Waals surface area (Å²) in [6.07, 6.45) is -1.52. The number of halogens is 3. The lowest BCUT2D eigenvalue weighted by molar-refractivity contribution is -0.137. The largest absolute Gasteiger partial charge is 0.416 e. The summed E-state index contributed by atoms with van der Waals surface area (Å²) in [4.78, 5) is 24.0. The monoisotopic (exact) mass is 435 g/mol. The molecule has 0 fully saturated rings. The maximum atomic E-state index is 12.7. The van der Waals surface area contributed by atoms with Crippen LogP contribution in [0.2, 0.25) is 0 Å². The second-order valence-corrected chi connectivity index (χ2v) is 7.87. The van der Waals surface area contributed by atoms with E-state index in [0.717, 1.165) is 33.8 Å². The van der Waals surface area contributed by atoms with Crippen molar-refractivity contribution in [2.24, 2.45) is 11.5 Å². The summed E-state index contributed by atoms with van der Waals surface area (Å²) < 4.78 is 39.8. The lowest BCUT2D eigenvalue weighted by Gasteiger charge is -2.11. The zero-order valence-corrected chi connectivity index (χ0v) is 16.2. The summed E-state index contributed by atoms with van der Waals surface area (Å²) in [5.41, 5.74) is 13.2. The molecule has 3 aromatic rings. The average molecular weight is 435 g/mol. The predicted octanol–water partition coefficient (Wildman–Crippen LogP) is 3.37. The molecule has 1 aliphatic carbocycles. The minimum absolute atomic E-state index is 0.245. The molecule has 0 spiro atoms. The molecule has 7 nitrogen and oxygen atoms in total. The fraction of sp³-hybridized carbons (Fsp3) is 0.211.